The molecule has 0 spiro atoms. The third-order valence-corrected chi connectivity index (χ3v) is 5.72. The number of unbranched alkanes of at least 4 members (excludes halogenated alkanes) is 1. The minimum Gasteiger partial charge on any atom is -0.439 e. The molecule has 0 aliphatic heterocycles. The maximum Gasteiger partial charge on any atom is 0.227 e. The van der Waals surface area contributed by atoms with Gasteiger partial charge in [0, 0.05) is 19.7 Å². The van der Waals surface area contributed by atoms with Gasteiger partial charge in [0.1, 0.15) is 5.75 Å². The molecular formula is C28H39N3O3. The van der Waals surface area contributed by atoms with Crippen molar-refractivity contribution >= 4 is 0 Å². The van der Waals surface area contributed by atoms with Crippen LogP contribution >= 0.6 is 0 Å². The molecule has 6 nitrogen and oxygen atoms in total. The van der Waals surface area contributed by atoms with Gasteiger partial charge in [-0.2, -0.15) is 5.10 Å². The first kappa shape index (κ1) is 25.9. The van der Waals surface area contributed by atoms with E-state index in [0.717, 1.165) is 48.5 Å². The lowest BCUT2D eigenvalue weighted by molar-refractivity contribution is 0.0143. The van der Waals surface area contributed by atoms with Crippen LogP contribution in [0.25, 0.3) is 5.69 Å². The van der Waals surface area contributed by atoms with Gasteiger partial charge in [0.2, 0.25) is 5.88 Å². The van der Waals surface area contributed by atoms with Crippen LogP contribution in [0.15, 0.2) is 54.6 Å². The van der Waals surface area contributed by atoms with E-state index in [-0.39, 0.29) is 0 Å². The van der Waals surface area contributed by atoms with Crippen LogP contribution in [0.1, 0.15) is 49.9 Å². The number of para-hydroxylation sites is 1. The third-order valence-electron chi connectivity index (χ3n) is 5.72. The van der Waals surface area contributed by atoms with Gasteiger partial charge in [-0.15, -0.1) is 0 Å². The molecule has 0 aliphatic carbocycles. The number of hydrogen-bond acceptors (Lipinski definition) is 5. The first-order valence-corrected chi connectivity index (χ1v) is 12.4. The van der Waals surface area contributed by atoms with Gasteiger partial charge in [-0.1, -0.05) is 56.2 Å². The Bertz CT molecular complexity index is 986. The maximum atomic E-state index is 10.6. The zero-order chi connectivity index (χ0) is 24.3. The normalized spacial score (nSPS) is 12.3. The molecule has 2 aromatic carbocycles. The molecule has 1 aromatic heterocycles. The second kappa shape index (κ2) is 13.3. The predicted molar refractivity (Wildman–Crippen MR) is 137 cm³/mol. The number of aryl methyl sites for hydroxylation is 2. The Morgan fingerprint density at radius 3 is 2.41 bits per heavy atom. The summed E-state index contributed by atoms with van der Waals surface area (Å²) in [5, 5.41) is 15.4. The quantitative estimate of drug-likeness (QED) is 0.311. The Hall–Kier alpha value is -2.67. The van der Waals surface area contributed by atoms with Gasteiger partial charge in [0.05, 0.1) is 29.7 Å². The number of rotatable bonds is 14. The largest absolute Gasteiger partial charge is 0.439 e. The van der Waals surface area contributed by atoms with Crippen molar-refractivity contribution in [1.82, 2.24) is 14.7 Å². The van der Waals surface area contributed by atoms with E-state index in [1.54, 1.807) is 0 Å². The third kappa shape index (κ3) is 7.42. The molecule has 0 saturated carbocycles. The summed E-state index contributed by atoms with van der Waals surface area (Å²) >= 11 is 0. The molecule has 0 radical (unpaired) electrons. The lowest BCUT2D eigenvalue weighted by atomic mass is 10.2. The van der Waals surface area contributed by atoms with Gasteiger partial charge in [-0.05, 0) is 57.5 Å². The molecule has 1 heterocycles. The van der Waals surface area contributed by atoms with Crippen LogP contribution in [0, 0.1) is 13.8 Å². The number of aliphatic hydroxyl groups excluding tert-OH is 1. The van der Waals surface area contributed by atoms with Crippen molar-refractivity contribution in [3.63, 3.8) is 0 Å². The number of benzene rings is 2. The zero-order valence-electron chi connectivity index (χ0n) is 21.0. The number of aromatic nitrogens is 2. The maximum absolute atomic E-state index is 10.6. The summed E-state index contributed by atoms with van der Waals surface area (Å²) in [6, 6.07) is 18.1. The van der Waals surface area contributed by atoms with Crippen molar-refractivity contribution in [2.24, 2.45) is 0 Å². The van der Waals surface area contributed by atoms with E-state index < -0.39 is 6.10 Å². The van der Waals surface area contributed by atoms with E-state index >= 15 is 0 Å². The average Bonchev–Trinajstić information content (AvgIpc) is 3.14. The fourth-order valence-electron chi connectivity index (χ4n) is 3.88. The second-order valence-corrected chi connectivity index (χ2v) is 8.85. The van der Waals surface area contributed by atoms with Gasteiger partial charge < -0.3 is 14.6 Å². The van der Waals surface area contributed by atoms with Crippen molar-refractivity contribution in [3.8, 4) is 17.3 Å². The van der Waals surface area contributed by atoms with Gasteiger partial charge in [0.25, 0.3) is 0 Å². The first-order chi connectivity index (χ1) is 16.5. The predicted octanol–water partition coefficient (Wildman–Crippen LogP) is 5.67. The van der Waals surface area contributed by atoms with E-state index in [1.165, 1.54) is 5.56 Å². The molecule has 0 bridgehead atoms. The molecule has 0 unspecified atom stereocenters. The van der Waals surface area contributed by atoms with Crippen LogP contribution in [0.2, 0.25) is 0 Å². The van der Waals surface area contributed by atoms with Gasteiger partial charge in [-0.25, -0.2) is 4.68 Å². The summed E-state index contributed by atoms with van der Waals surface area (Å²) in [5.74, 6) is 1.48. The smallest absolute Gasteiger partial charge is 0.227 e. The Kier molecular flexibility index (Phi) is 10.1. The van der Waals surface area contributed by atoms with Gasteiger partial charge in [-0.3, -0.25) is 4.90 Å². The van der Waals surface area contributed by atoms with E-state index in [4.69, 9.17) is 14.6 Å². The van der Waals surface area contributed by atoms with Crippen molar-refractivity contribution in [2.75, 3.05) is 26.3 Å². The van der Waals surface area contributed by atoms with Gasteiger partial charge in [0.15, 0.2) is 0 Å². The molecule has 0 saturated heterocycles. The van der Waals surface area contributed by atoms with E-state index in [2.05, 4.69) is 25.7 Å². The van der Waals surface area contributed by atoms with Crippen molar-refractivity contribution in [1.29, 1.82) is 0 Å². The Morgan fingerprint density at radius 1 is 1.00 bits per heavy atom. The standard InChI is InChI=1S/C28H39N3O3/c1-5-7-18-33-21-25(32)19-30(17-6-2)20-27-23(4)29-31(24-11-9-8-10-12-24)28(27)34-26-15-13-22(3)14-16-26/h8-16,25,32H,5-7,17-21H2,1-4H3/t25-/m0/s1. The minimum absolute atomic E-state index is 0.356. The Morgan fingerprint density at radius 2 is 1.74 bits per heavy atom. The summed E-state index contributed by atoms with van der Waals surface area (Å²) in [6.07, 6.45) is 2.56. The van der Waals surface area contributed by atoms with Gasteiger partial charge >= 0.3 is 0 Å². The zero-order valence-corrected chi connectivity index (χ0v) is 21.0. The number of nitrogens with zero attached hydrogens (tertiary/aromatic N) is 3. The summed E-state index contributed by atoms with van der Waals surface area (Å²) in [6.45, 7) is 11.5. The summed E-state index contributed by atoms with van der Waals surface area (Å²) in [4.78, 5) is 2.26. The topological polar surface area (TPSA) is 59.8 Å². The Balaban J connectivity index is 1.85. The average molecular weight is 466 g/mol. The van der Waals surface area contributed by atoms with Crippen LogP contribution in [0.5, 0.6) is 11.6 Å². The molecule has 34 heavy (non-hydrogen) atoms. The highest BCUT2D eigenvalue weighted by Crippen LogP contribution is 2.32. The van der Waals surface area contributed by atoms with E-state index in [1.807, 2.05) is 66.2 Å². The summed E-state index contributed by atoms with van der Waals surface area (Å²) in [7, 11) is 0. The second-order valence-electron chi connectivity index (χ2n) is 8.85. The molecule has 0 fully saturated rings. The molecule has 3 rings (SSSR count). The number of hydrogen-bond donors (Lipinski definition) is 1. The van der Waals surface area contributed by atoms with Crippen LogP contribution in [0.3, 0.4) is 0 Å². The van der Waals surface area contributed by atoms with Crippen LogP contribution in [0.4, 0.5) is 0 Å². The molecule has 1 atom stereocenters. The summed E-state index contributed by atoms with van der Waals surface area (Å²) in [5.41, 5.74) is 4.08. The van der Waals surface area contributed by atoms with Crippen molar-refractivity contribution in [2.45, 2.75) is 59.6 Å². The van der Waals surface area contributed by atoms with Crippen molar-refractivity contribution in [3.05, 3.63) is 71.4 Å². The molecule has 0 amide bonds. The highest BCUT2D eigenvalue weighted by Gasteiger charge is 2.22. The molecule has 184 valence electrons. The van der Waals surface area contributed by atoms with E-state index in [0.29, 0.717) is 32.2 Å². The molecular weight excluding hydrogens is 426 g/mol. The molecule has 1 N–H and O–H groups in total. The summed E-state index contributed by atoms with van der Waals surface area (Å²) < 4.78 is 14.0. The Labute approximate surface area is 204 Å². The lowest BCUT2D eigenvalue weighted by Crippen LogP contribution is -2.35. The number of aliphatic hydroxyl groups is 1. The monoisotopic (exact) mass is 465 g/mol. The molecule has 3 aromatic rings. The van der Waals surface area contributed by atoms with E-state index in [9.17, 15) is 5.11 Å². The molecule has 0 aliphatic rings. The van der Waals surface area contributed by atoms with Crippen LogP contribution < -0.4 is 4.74 Å². The highest BCUT2D eigenvalue weighted by atomic mass is 16.5. The van der Waals surface area contributed by atoms with Crippen LogP contribution in [-0.4, -0.2) is 52.2 Å². The highest BCUT2D eigenvalue weighted by molar-refractivity contribution is 5.43. The first-order valence-electron chi connectivity index (χ1n) is 12.4. The number of ether oxygens (including phenoxy) is 2. The fourth-order valence-corrected chi connectivity index (χ4v) is 3.88. The SMILES string of the molecule is CCCCOC[C@@H](O)CN(CCC)Cc1c(C)nn(-c2ccccc2)c1Oc1ccc(C)cc1. The minimum atomic E-state index is -0.533. The van der Waals surface area contributed by atoms with Crippen LogP contribution in [-0.2, 0) is 11.3 Å². The molecule has 6 heteroatoms. The van der Waals surface area contributed by atoms with Crippen molar-refractivity contribution < 1.29 is 14.6 Å². The lowest BCUT2D eigenvalue weighted by Gasteiger charge is -2.25. The fraction of sp³-hybridized carbons (Fsp3) is 0.464.